The summed E-state index contributed by atoms with van der Waals surface area (Å²) in [6, 6.07) is 5.61. The molecule has 0 spiro atoms. The third-order valence-corrected chi connectivity index (χ3v) is 2.98. The van der Waals surface area contributed by atoms with E-state index in [1.54, 1.807) is 24.2 Å². The van der Waals surface area contributed by atoms with Crippen LogP contribution in [0, 0.1) is 0 Å². The van der Waals surface area contributed by atoms with Gasteiger partial charge in [-0.2, -0.15) is 0 Å². The van der Waals surface area contributed by atoms with Crippen molar-refractivity contribution in [1.82, 2.24) is 4.90 Å². The molecule has 0 aliphatic carbocycles. The average molecular weight is 277 g/mol. The molecule has 0 bridgehead atoms. The molecule has 0 aliphatic rings. The monoisotopic (exact) mass is 277 g/mol. The molecule has 0 aromatic heterocycles. The van der Waals surface area contributed by atoms with Crippen LogP contribution in [-0.4, -0.2) is 37.6 Å². The molecule has 0 N–H and O–H groups in total. The predicted molar refractivity (Wildman–Crippen MR) is 81.1 cm³/mol. The number of likely N-dealkylation sites (N-methyl/N-ethyl adjacent to an activating group) is 1. The number of carbonyl (C=O) groups excluding carboxylic acids is 1. The molecule has 0 saturated carbocycles. The molecule has 0 saturated heterocycles. The van der Waals surface area contributed by atoms with E-state index in [4.69, 9.17) is 9.47 Å². The van der Waals surface area contributed by atoms with Crippen LogP contribution in [0.1, 0.15) is 26.3 Å². The number of carbonyl (C=O) groups is 1. The molecular formula is C16H23NO3. The Morgan fingerprint density at radius 2 is 1.90 bits per heavy atom. The summed E-state index contributed by atoms with van der Waals surface area (Å²) in [6.45, 7) is 7.88. The van der Waals surface area contributed by atoms with Crippen LogP contribution in [0.4, 0.5) is 0 Å². The molecular weight excluding hydrogens is 254 g/mol. The van der Waals surface area contributed by atoms with E-state index in [0.717, 1.165) is 5.56 Å². The second-order valence-electron chi connectivity index (χ2n) is 4.19. The molecule has 4 heteroatoms. The first kappa shape index (κ1) is 16.1. The van der Waals surface area contributed by atoms with Gasteiger partial charge in [0.1, 0.15) is 0 Å². The number of nitrogens with zero attached hydrogens (tertiary/aromatic N) is 1. The van der Waals surface area contributed by atoms with E-state index in [-0.39, 0.29) is 5.91 Å². The lowest BCUT2D eigenvalue weighted by Gasteiger charge is -2.15. The van der Waals surface area contributed by atoms with Crippen LogP contribution in [0.5, 0.6) is 11.5 Å². The van der Waals surface area contributed by atoms with Crippen LogP contribution in [0.15, 0.2) is 24.3 Å². The fourth-order valence-electron chi connectivity index (χ4n) is 1.87. The highest BCUT2D eigenvalue weighted by molar-refractivity contribution is 5.91. The summed E-state index contributed by atoms with van der Waals surface area (Å²) in [7, 11) is 1.60. The van der Waals surface area contributed by atoms with Crippen molar-refractivity contribution in [2.24, 2.45) is 0 Å². The Hall–Kier alpha value is -1.97. The SMILES string of the molecule is CCOc1ccc(/C=C/C(=O)N(CC)CC)cc1OC. The number of hydrogen-bond donors (Lipinski definition) is 0. The van der Waals surface area contributed by atoms with E-state index in [9.17, 15) is 4.79 Å². The van der Waals surface area contributed by atoms with E-state index in [1.807, 2.05) is 39.0 Å². The third-order valence-electron chi connectivity index (χ3n) is 2.98. The molecule has 0 fully saturated rings. The van der Waals surface area contributed by atoms with Crippen molar-refractivity contribution in [3.8, 4) is 11.5 Å². The van der Waals surface area contributed by atoms with E-state index in [1.165, 1.54) is 0 Å². The maximum absolute atomic E-state index is 11.9. The van der Waals surface area contributed by atoms with Gasteiger partial charge in [0.15, 0.2) is 11.5 Å². The first-order chi connectivity index (χ1) is 9.65. The third kappa shape index (κ3) is 4.30. The maximum Gasteiger partial charge on any atom is 0.246 e. The summed E-state index contributed by atoms with van der Waals surface area (Å²) >= 11 is 0. The lowest BCUT2D eigenvalue weighted by Crippen LogP contribution is -2.28. The standard InChI is InChI=1S/C16H23NO3/c1-5-17(6-2)16(18)11-9-13-8-10-14(20-7-3)15(12-13)19-4/h8-12H,5-7H2,1-4H3/b11-9+. The van der Waals surface area contributed by atoms with Gasteiger partial charge < -0.3 is 14.4 Å². The fourth-order valence-corrected chi connectivity index (χ4v) is 1.87. The van der Waals surface area contributed by atoms with Gasteiger partial charge in [0.2, 0.25) is 5.91 Å². The van der Waals surface area contributed by atoms with Gasteiger partial charge in [-0.3, -0.25) is 4.79 Å². The molecule has 0 radical (unpaired) electrons. The van der Waals surface area contributed by atoms with Crippen LogP contribution in [0.3, 0.4) is 0 Å². The number of benzene rings is 1. The molecule has 0 aliphatic heterocycles. The maximum atomic E-state index is 11.9. The molecule has 1 rings (SSSR count). The molecule has 1 aromatic carbocycles. The second-order valence-corrected chi connectivity index (χ2v) is 4.19. The smallest absolute Gasteiger partial charge is 0.246 e. The Labute approximate surface area is 121 Å². The predicted octanol–water partition coefficient (Wildman–Crippen LogP) is 2.98. The number of hydrogen-bond acceptors (Lipinski definition) is 3. The molecule has 0 heterocycles. The highest BCUT2D eigenvalue weighted by atomic mass is 16.5. The number of ether oxygens (including phenoxy) is 2. The van der Waals surface area contributed by atoms with Gasteiger partial charge in [-0.25, -0.2) is 0 Å². The van der Waals surface area contributed by atoms with Crippen molar-refractivity contribution in [2.45, 2.75) is 20.8 Å². The Morgan fingerprint density at radius 1 is 1.20 bits per heavy atom. The molecule has 20 heavy (non-hydrogen) atoms. The number of rotatable bonds is 7. The average Bonchev–Trinajstić information content (AvgIpc) is 2.47. The molecule has 0 unspecified atom stereocenters. The fraction of sp³-hybridized carbons (Fsp3) is 0.438. The summed E-state index contributed by atoms with van der Waals surface area (Å²) in [5.74, 6) is 1.40. The Kier molecular flexibility index (Phi) is 6.64. The summed E-state index contributed by atoms with van der Waals surface area (Å²) in [5.41, 5.74) is 0.908. The van der Waals surface area contributed by atoms with E-state index < -0.39 is 0 Å². The molecule has 110 valence electrons. The lowest BCUT2D eigenvalue weighted by atomic mass is 10.2. The summed E-state index contributed by atoms with van der Waals surface area (Å²) in [4.78, 5) is 13.7. The van der Waals surface area contributed by atoms with Gasteiger partial charge in [-0.1, -0.05) is 6.07 Å². The highest BCUT2D eigenvalue weighted by Crippen LogP contribution is 2.28. The lowest BCUT2D eigenvalue weighted by molar-refractivity contribution is -0.125. The summed E-state index contributed by atoms with van der Waals surface area (Å²) < 4.78 is 10.7. The van der Waals surface area contributed by atoms with Crippen LogP contribution in [0.2, 0.25) is 0 Å². The minimum Gasteiger partial charge on any atom is -0.493 e. The van der Waals surface area contributed by atoms with Gasteiger partial charge >= 0.3 is 0 Å². The normalized spacial score (nSPS) is 10.6. The van der Waals surface area contributed by atoms with Gasteiger partial charge in [0, 0.05) is 19.2 Å². The Bertz CT molecular complexity index is 465. The van der Waals surface area contributed by atoms with Crippen molar-refractivity contribution in [3.05, 3.63) is 29.8 Å². The van der Waals surface area contributed by atoms with Crippen molar-refractivity contribution < 1.29 is 14.3 Å². The van der Waals surface area contributed by atoms with Crippen molar-refractivity contribution in [2.75, 3.05) is 26.8 Å². The molecule has 0 atom stereocenters. The zero-order valence-corrected chi connectivity index (χ0v) is 12.7. The van der Waals surface area contributed by atoms with Gasteiger partial charge in [-0.05, 0) is 44.5 Å². The van der Waals surface area contributed by atoms with Crippen LogP contribution >= 0.6 is 0 Å². The molecule has 1 aromatic rings. The van der Waals surface area contributed by atoms with Gasteiger partial charge in [0.25, 0.3) is 0 Å². The first-order valence-corrected chi connectivity index (χ1v) is 6.94. The molecule has 1 amide bonds. The van der Waals surface area contributed by atoms with Gasteiger partial charge in [-0.15, -0.1) is 0 Å². The van der Waals surface area contributed by atoms with Gasteiger partial charge in [0.05, 0.1) is 13.7 Å². The first-order valence-electron chi connectivity index (χ1n) is 6.94. The topological polar surface area (TPSA) is 38.8 Å². The number of amides is 1. The van der Waals surface area contributed by atoms with Crippen molar-refractivity contribution in [3.63, 3.8) is 0 Å². The summed E-state index contributed by atoms with van der Waals surface area (Å²) in [6.07, 6.45) is 3.38. The highest BCUT2D eigenvalue weighted by Gasteiger charge is 2.06. The zero-order chi connectivity index (χ0) is 15.0. The second kappa shape index (κ2) is 8.25. The van der Waals surface area contributed by atoms with Crippen molar-refractivity contribution in [1.29, 1.82) is 0 Å². The van der Waals surface area contributed by atoms with Crippen LogP contribution in [0.25, 0.3) is 6.08 Å². The van der Waals surface area contributed by atoms with Crippen LogP contribution < -0.4 is 9.47 Å². The van der Waals surface area contributed by atoms with Crippen LogP contribution in [-0.2, 0) is 4.79 Å². The summed E-state index contributed by atoms with van der Waals surface area (Å²) in [5, 5.41) is 0. The Balaban J connectivity index is 2.85. The molecule has 4 nitrogen and oxygen atoms in total. The zero-order valence-electron chi connectivity index (χ0n) is 12.7. The number of methoxy groups -OCH3 is 1. The quantitative estimate of drug-likeness (QED) is 0.719. The largest absolute Gasteiger partial charge is 0.493 e. The Morgan fingerprint density at radius 3 is 2.45 bits per heavy atom. The van der Waals surface area contributed by atoms with E-state index >= 15 is 0 Å². The van der Waals surface area contributed by atoms with E-state index in [0.29, 0.717) is 31.2 Å². The van der Waals surface area contributed by atoms with E-state index in [2.05, 4.69) is 0 Å². The van der Waals surface area contributed by atoms with Crippen molar-refractivity contribution >= 4 is 12.0 Å². The minimum atomic E-state index is 0.0165. The minimum absolute atomic E-state index is 0.0165.